The van der Waals surface area contributed by atoms with Crippen LogP contribution in [0.5, 0.6) is 0 Å². The van der Waals surface area contributed by atoms with Gasteiger partial charge in [-0.2, -0.15) is 0 Å². The maximum atomic E-state index is 0. The molecule has 5 nitrogen and oxygen atoms in total. The summed E-state index contributed by atoms with van der Waals surface area (Å²) >= 11 is 0. The molecule has 0 atom stereocenters. The zero-order valence-electron chi connectivity index (χ0n) is 3.74. The fourth-order valence-electron chi connectivity index (χ4n) is 0. The van der Waals surface area contributed by atoms with Crippen LogP contribution in [0.25, 0.3) is 0 Å². The molecule has 0 rings (SSSR count). The molecule has 0 saturated heterocycles. The first-order valence-electron chi connectivity index (χ1n) is 0. The van der Waals surface area contributed by atoms with Crippen LogP contribution in [-0.2, 0) is 0 Å². The van der Waals surface area contributed by atoms with Crippen molar-refractivity contribution in [3.63, 3.8) is 0 Å². The van der Waals surface area contributed by atoms with Gasteiger partial charge in [0.05, 0.1) is 0 Å². The van der Waals surface area contributed by atoms with E-state index in [4.69, 9.17) is 0 Å². The molecule has 0 spiro atoms. The molecule has 0 amide bonds. The predicted octanol–water partition coefficient (Wildman–Crippen LogP) is -3.80. The minimum absolute atomic E-state index is 0. The SMILES string of the molecule is [C+4].[K+].[OH-].[OH-].[OH-].[OH-].[OH-]. The molecule has 0 saturated carbocycles. The zero-order valence-corrected chi connectivity index (χ0v) is 6.86. The van der Waals surface area contributed by atoms with Crippen LogP contribution in [0.4, 0.5) is 0 Å². The van der Waals surface area contributed by atoms with Crippen molar-refractivity contribution < 1.29 is 78.8 Å². The first kappa shape index (κ1) is 226. The van der Waals surface area contributed by atoms with Gasteiger partial charge in [0.15, 0.2) is 0 Å². The summed E-state index contributed by atoms with van der Waals surface area (Å²) < 4.78 is 0. The third-order valence-electron chi connectivity index (χ3n) is 0. The zero-order chi connectivity index (χ0) is 0. The van der Waals surface area contributed by atoms with Crippen LogP contribution in [-0.4, -0.2) is 27.4 Å². The second-order valence-corrected chi connectivity index (χ2v) is 0. The van der Waals surface area contributed by atoms with E-state index in [-0.39, 0.29) is 86.2 Å². The van der Waals surface area contributed by atoms with Gasteiger partial charge in [-0.25, -0.2) is 0 Å². The molecule has 40 valence electrons. The molecule has 0 bridgehead atoms. The van der Waals surface area contributed by atoms with Gasteiger partial charge >= 0.3 is 58.8 Å². The normalized spacial score (nSPS) is 0. The fourth-order valence-corrected chi connectivity index (χ4v) is 0. The molecular formula is CH5KO5. The standard InChI is InChI=1S/C.K.5H2O/h;;5*1H2/q+4;+1;;;;;/p-5. The van der Waals surface area contributed by atoms with E-state index in [9.17, 15) is 0 Å². The van der Waals surface area contributed by atoms with E-state index in [1.54, 1.807) is 0 Å². The number of hydrogen-bond acceptors (Lipinski definition) is 5. The summed E-state index contributed by atoms with van der Waals surface area (Å²) in [7, 11) is 0. The van der Waals surface area contributed by atoms with Crippen LogP contribution >= 0.6 is 0 Å². The molecule has 5 N–H and O–H groups in total. The van der Waals surface area contributed by atoms with Gasteiger partial charge in [0.1, 0.15) is 0 Å². The van der Waals surface area contributed by atoms with Crippen molar-refractivity contribution in [1.29, 1.82) is 0 Å². The van der Waals surface area contributed by atoms with E-state index in [1.165, 1.54) is 0 Å². The summed E-state index contributed by atoms with van der Waals surface area (Å²) in [6.45, 7) is 0. The van der Waals surface area contributed by atoms with E-state index in [0.29, 0.717) is 0 Å². The second kappa shape index (κ2) is 149. The molecule has 6 heteroatoms. The average molecular weight is 136 g/mol. The van der Waals surface area contributed by atoms with E-state index in [2.05, 4.69) is 0 Å². The van der Waals surface area contributed by atoms with Crippen LogP contribution < -0.4 is 51.4 Å². The van der Waals surface area contributed by atoms with Crippen molar-refractivity contribution in [2.24, 2.45) is 0 Å². The Morgan fingerprint density at radius 1 is 0.429 bits per heavy atom. The molecule has 0 radical (unpaired) electrons. The van der Waals surface area contributed by atoms with Crippen molar-refractivity contribution in [2.45, 2.75) is 0 Å². The van der Waals surface area contributed by atoms with E-state index < -0.39 is 0 Å². The molecule has 0 aromatic carbocycles. The van der Waals surface area contributed by atoms with Gasteiger partial charge in [-0.3, -0.25) is 0 Å². The summed E-state index contributed by atoms with van der Waals surface area (Å²) in [6.07, 6.45) is 0. The van der Waals surface area contributed by atoms with Gasteiger partial charge in [-0.15, -0.1) is 0 Å². The Bertz CT molecular complexity index is 8.04. The molecule has 0 unspecified atom stereocenters. The van der Waals surface area contributed by atoms with Crippen LogP contribution in [0, 0.1) is 7.43 Å². The Morgan fingerprint density at radius 2 is 0.429 bits per heavy atom. The van der Waals surface area contributed by atoms with Crippen molar-refractivity contribution >= 4 is 0 Å². The molecule has 7 heavy (non-hydrogen) atoms. The molecular weight excluding hydrogens is 131 g/mol. The first-order chi connectivity index (χ1) is 0. The largest absolute Gasteiger partial charge is 4.00 e. The Labute approximate surface area is 85.1 Å². The van der Waals surface area contributed by atoms with E-state index >= 15 is 0 Å². The Balaban J connectivity index is 0. The predicted molar refractivity (Wildman–Crippen MR) is 12.9 cm³/mol. The van der Waals surface area contributed by atoms with Crippen LogP contribution in [0.15, 0.2) is 0 Å². The first-order valence-corrected chi connectivity index (χ1v) is 0. The average Bonchev–Trinajstić information content (AvgIpc) is 0. The fraction of sp³-hybridized carbons (Fsp3) is 0. The van der Waals surface area contributed by atoms with Gasteiger partial charge in [0, 0.05) is 0 Å². The molecule has 0 aliphatic carbocycles. The number of rotatable bonds is 0. The van der Waals surface area contributed by atoms with E-state index in [0.717, 1.165) is 0 Å². The Kier molecular flexibility index (Phi) is 4820. The minimum Gasteiger partial charge on any atom is -0.870 e. The quantitative estimate of drug-likeness (QED) is 0.313. The summed E-state index contributed by atoms with van der Waals surface area (Å²) in [5.74, 6) is 0. The Morgan fingerprint density at radius 3 is 0.429 bits per heavy atom. The minimum atomic E-state index is 0. The molecule has 0 aromatic heterocycles. The molecule has 0 heterocycles. The van der Waals surface area contributed by atoms with Gasteiger partial charge < -0.3 is 27.4 Å². The second-order valence-electron chi connectivity index (χ2n) is 0. The van der Waals surface area contributed by atoms with Crippen LogP contribution in [0.1, 0.15) is 0 Å². The summed E-state index contributed by atoms with van der Waals surface area (Å²) in [5, 5.41) is 0. The molecule has 0 aromatic rings. The van der Waals surface area contributed by atoms with Crippen molar-refractivity contribution in [1.82, 2.24) is 0 Å². The smallest absolute Gasteiger partial charge is 0.870 e. The van der Waals surface area contributed by atoms with Gasteiger partial charge in [0.25, 0.3) is 0 Å². The van der Waals surface area contributed by atoms with E-state index in [1.807, 2.05) is 0 Å². The summed E-state index contributed by atoms with van der Waals surface area (Å²) in [4.78, 5) is 0. The van der Waals surface area contributed by atoms with Gasteiger partial charge in [-0.05, 0) is 0 Å². The van der Waals surface area contributed by atoms with Gasteiger partial charge in [-0.1, -0.05) is 0 Å². The van der Waals surface area contributed by atoms with Crippen molar-refractivity contribution in [3.05, 3.63) is 7.43 Å². The molecule has 0 aliphatic rings. The van der Waals surface area contributed by atoms with Crippen LogP contribution in [0.3, 0.4) is 0 Å². The monoisotopic (exact) mass is 136 g/mol. The van der Waals surface area contributed by atoms with Crippen molar-refractivity contribution in [2.75, 3.05) is 0 Å². The number of hydrogen-bond donors (Lipinski definition) is 0. The maximum absolute atomic E-state index is 0. The van der Waals surface area contributed by atoms with Gasteiger partial charge in [0.2, 0.25) is 0 Å². The van der Waals surface area contributed by atoms with Crippen LogP contribution in [0.2, 0.25) is 0 Å². The summed E-state index contributed by atoms with van der Waals surface area (Å²) in [5.41, 5.74) is 0. The summed E-state index contributed by atoms with van der Waals surface area (Å²) in [6, 6.07) is 0. The topological polar surface area (TPSA) is 150 Å². The van der Waals surface area contributed by atoms with Crippen molar-refractivity contribution in [3.8, 4) is 0 Å². The Hall–Kier alpha value is 1.44. The maximum Gasteiger partial charge on any atom is 4.00 e. The third kappa shape index (κ3) is 107. The molecule has 0 fully saturated rings. The molecule has 0 aliphatic heterocycles. The third-order valence-corrected chi connectivity index (χ3v) is 0.